The van der Waals surface area contributed by atoms with Gasteiger partial charge in [0, 0.05) is 29.6 Å². The lowest BCUT2D eigenvalue weighted by molar-refractivity contribution is -0.387. The second kappa shape index (κ2) is 13.5. The van der Waals surface area contributed by atoms with E-state index < -0.39 is 11.0 Å². The van der Waals surface area contributed by atoms with E-state index in [0.29, 0.717) is 61.2 Å². The van der Waals surface area contributed by atoms with Crippen molar-refractivity contribution in [1.29, 1.82) is 0 Å². The lowest BCUT2D eigenvalue weighted by Crippen LogP contribution is -2.43. The van der Waals surface area contributed by atoms with Gasteiger partial charge in [0.15, 0.2) is 4.80 Å². The Kier molecular flexibility index (Phi) is 9.54. The van der Waals surface area contributed by atoms with Gasteiger partial charge in [-0.3, -0.25) is 24.3 Å². The number of nitrogens with zero attached hydrogens (tertiary/aromatic N) is 4. The molecule has 0 unspecified atom stereocenters. The number of fused-ring (bicyclic) bond motifs is 1. The molecule has 0 N–H and O–H groups in total. The Bertz CT molecular complexity index is 1980. The van der Waals surface area contributed by atoms with Crippen LogP contribution in [0.5, 0.6) is 11.5 Å². The molecule has 0 saturated carbocycles. The summed E-state index contributed by atoms with van der Waals surface area (Å²) in [5.41, 5.74) is 1.49. The van der Waals surface area contributed by atoms with Gasteiger partial charge in [-0.25, -0.2) is 4.99 Å². The fourth-order valence-electron chi connectivity index (χ4n) is 5.24. The number of hydrogen-bond donors (Lipinski definition) is 0. The Balaban J connectivity index is 1.69. The van der Waals surface area contributed by atoms with Gasteiger partial charge in [-0.15, -0.1) is 0 Å². The molecule has 4 aromatic rings. The Hall–Kier alpha value is -4.68. The Labute approximate surface area is 268 Å². The fraction of sp³-hybridized carbons (Fsp3) is 0.242. The van der Waals surface area contributed by atoms with Crippen molar-refractivity contribution in [2.24, 2.45) is 4.99 Å². The van der Waals surface area contributed by atoms with Gasteiger partial charge in [-0.05, 0) is 68.8 Å². The summed E-state index contributed by atoms with van der Waals surface area (Å²) in [6.07, 6.45) is 1.62. The molecule has 1 aromatic heterocycles. The molecule has 2 heterocycles. The van der Waals surface area contributed by atoms with Gasteiger partial charge in [-0.2, -0.15) is 0 Å². The molecule has 0 radical (unpaired) electrons. The fourth-order valence-corrected chi connectivity index (χ4v) is 7.21. The highest BCUT2D eigenvalue weighted by Gasteiger charge is 2.36. The first-order valence-electron chi connectivity index (χ1n) is 14.3. The zero-order chi connectivity index (χ0) is 32.2. The standard InChI is InChI=1S/C33H32N4O6S2/c1-6-35(7-2)32(39)29-20(3)34-33-36(30(29)24-19-22(42-4)14-15-26(24)43-5)31(38)28(45-33)18-21-13-16-27(25(17-21)37(40)41)44-23-11-9-8-10-12-23/h8-19,30H,6-7H2,1-5H3/b28-18-/t30-/m1/s1. The number of benzene rings is 3. The van der Waals surface area contributed by atoms with Crippen LogP contribution in [0.25, 0.3) is 6.08 Å². The van der Waals surface area contributed by atoms with Gasteiger partial charge >= 0.3 is 0 Å². The van der Waals surface area contributed by atoms with E-state index in [1.54, 1.807) is 55.3 Å². The molecule has 12 heteroatoms. The Morgan fingerprint density at radius 2 is 1.82 bits per heavy atom. The molecule has 0 spiro atoms. The number of hydrogen-bond acceptors (Lipinski definition) is 9. The van der Waals surface area contributed by atoms with Crippen molar-refractivity contribution in [2.45, 2.75) is 36.6 Å². The maximum Gasteiger partial charge on any atom is 0.283 e. The number of thiazole rings is 1. The number of likely N-dealkylation sites (N-methyl/N-ethyl adjacent to an activating group) is 1. The van der Waals surface area contributed by atoms with Crippen LogP contribution in [0, 0.1) is 10.1 Å². The average molecular weight is 645 g/mol. The van der Waals surface area contributed by atoms with E-state index in [1.807, 2.05) is 44.2 Å². The zero-order valence-electron chi connectivity index (χ0n) is 25.5. The molecule has 0 saturated heterocycles. The number of methoxy groups -OCH3 is 2. The van der Waals surface area contributed by atoms with E-state index >= 15 is 0 Å². The molecule has 10 nitrogen and oxygen atoms in total. The molecule has 1 aliphatic heterocycles. The molecule has 1 amide bonds. The summed E-state index contributed by atoms with van der Waals surface area (Å²) < 4.78 is 13.0. The molecule has 1 aliphatic rings. The van der Waals surface area contributed by atoms with Crippen LogP contribution in [-0.4, -0.2) is 47.6 Å². The third-order valence-electron chi connectivity index (χ3n) is 7.48. The van der Waals surface area contributed by atoms with Crippen molar-refractivity contribution in [3.63, 3.8) is 0 Å². The van der Waals surface area contributed by atoms with Gasteiger partial charge in [-0.1, -0.05) is 47.4 Å². The minimum atomic E-state index is -0.847. The highest BCUT2D eigenvalue weighted by Crippen LogP contribution is 2.38. The second-order valence-corrected chi connectivity index (χ2v) is 12.2. The summed E-state index contributed by atoms with van der Waals surface area (Å²) in [5, 5.41) is 12.0. The number of aromatic nitrogens is 1. The molecular weight excluding hydrogens is 613 g/mol. The number of allylic oxidation sites excluding steroid dienone is 1. The van der Waals surface area contributed by atoms with Crippen LogP contribution in [0.2, 0.25) is 0 Å². The molecule has 45 heavy (non-hydrogen) atoms. The molecule has 3 aromatic carbocycles. The average Bonchev–Trinajstić information content (AvgIpc) is 3.35. The molecule has 232 valence electrons. The SMILES string of the molecule is CCN(CC)C(=O)C1=C(C)N=c2s/c(=C\c3ccc(Sc4ccccc4)c([N+](=O)[O-])c3)c(=O)n2[C@@H]1c1cc(OC)ccc1OC. The van der Waals surface area contributed by atoms with Crippen molar-refractivity contribution in [2.75, 3.05) is 27.3 Å². The predicted molar refractivity (Wildman–Crippen MR) is 175 cm³/mol. The third-order valence-corrected chi connectivity index (χ3v) is 9.54. The molecule has 0 fully saturated rings. The summed E-state index contributed by atoms with van der Waals surface area (Å²) in [6, 6.07) is 18.7. The zero-order valence-corrected chi connectivity index (χ0v) is 27.1. The van der Waals surface area contributed by atoms with Crippen LogP contribution in [0.3, 0.4) is 0 Å². The van der Waals surface area contributed by atoms with Gasteiger partial charge in [0.1, 0.15) is 17.5 Å². The summed E-state index contributed by atoms with van der Waals surface area (Å²) in [7, 11) is 3.08. The van der Waals surface area contributed by atoms with Crippen molar-refractivity contribution in [3.05, 3.63) is 119 Å². The van der Waals surface area contributed by atoms with Crippen LogP contribution >= 0.6 is 23.1 Å². The number of ether oxygens (including phenoxy) is 2. The lowest BCUT2D eigenvalue weighted by atomic mass is 9.93. The minimum absolute atomic E-state index is 0.0627. The van der Waals surface area contributed by atoms with E-state index in [9.17, 15) is 19.7 Å². The lowest BCUT2D eigenvalue weighted by Gasteiger charge is -2.30. The largest absolute Gasteiger partial charge is 0.497 e. The normalized spacial score (nSPS) is 14.5. The van der Waals surface area contributed by atoms with E-state index in [4.69, 9.17) is 14.5 Å². The maximum absolute atomic E-state index is 14.2. The number of nitro benzene ring substituents is 1. The Morgan fingerprint density at radius 1 is 1.09 bits per heavy atom. The van der Waals surface area contributed by atoms with E-state index in [2.05, 4.69) is 0 Å². The smallest absolute Gasteiger partial charge is 0.283 e. The van der Waals surface area contributed by atoms with Gasteiger partial charge in [0.2, 0.25) is 0 Å². The monoisotopic (exact) mass is 644 g/mol. The predicted octanol–water partition coefficient (Wildman–Crippen LogP) is 5.18. The maximum atomic E-state index is 14.2. The van der Waals surface area contributed by atoms with Crippen molar-refractivity contribution in [3.8, 4) is 11.5 Å². The molecule has 0 aliphatic carbocycles. The third kappa shape index (κ3) is 6.29. The molecule has 0 bridgehead atoms. The van der Waals surface area contributed by atoms with Crippen molar-refractivity contribution < 1.29 is 19.2 Å². The number of nitro groups is 1. The summed E-state index contributed by atoms with van der Waals surface area (Å²) in [6.45, 7) is 6.53. The van der Waals surface area contributed by atoms with Crippen LogP contribution in [0.1, 0.15) is 37.9 Å². The van der Waals surface area contributed by atoms with Gasteiger partial charge in [0.05, 0.1) is 39.8 Å². The first kappa shape index (κ1) is 31.7. The van der Waals surface area contributed by atoms with Crippen LogP contribution in [0.15, 0.2) is 97.6 Å². The van der Waals surface area contributed by atoms with Crippen LogP contribution < -0.4 is 24.4 Å². The molecule has 5 rings (SSSR count). The number of carbonyl (C=O) groups is 1. The van der Waals surface area contributed by atoms with Crippen molar-refractivity contribution in [1.82, 2.24) is 9.47 Å². The number of amides is 1. The molecular formula is C33H32N4O6S2. The second-order valence-electron chi connectivity index (χ2n) is 10.1. The first-order chi connectivity index (χ1) is 21.7. The van der Waals surface area contributed by atoms with E-state index in [1.165, 1.54) is 29.5 Å². The summed E-state index contributed by atoms with van der Waals surface area (Å²) in [4.78, 5) is 47.9. The van der Waals surface area contributed by atoms with E-state index in [0.717, 1.165) is 16.2 Å². The highest BCUT2D eigenvalue weighted by atomic mass is 32.2. The summed E-state index contributed by atoms with van der Waals surface area (Å²) >= 11 is 2.46. The van der Waals surface area contributed by atoms with Crippen LogP contribution in [-0.2, 0) is 4.79 Å². The Morgan fingerprint density at radius 3 is 2.47 bits per heavy atom. The quantitative estimate of drug-likeness (QED) is 0.173. The minimum Gasteiger partial charge on any atom is -0.497 e. The topological polar surface area (TPSA) is 116 Å². The van der Waals surface area contributed by atoms with Gasteiger partial charge < -0.3 is 14.4 Å². The molecule has 1 atom stereocenters. The first-order valence-corrected chi connectivity index (χ1v) is 15.9. The van der Waals surface area contributed by atoms with E-state index in [-0.39, 0.29) is 17.2 Å². The van der Waals surface area contributed by atoms with Crippen molar-refractivity contribution >= 4 is 40.8 Å². The number of rotatable bonds is 10. The summed E-state index contributed by atoms with van der Waals surface area (Å²) in [5.74, 6) is 0.794. The van der Waals surface area contributed by atoms with Gasteiger partial charge in [0.25, 0.3) is 17.2 Å². The highest BCUT2D eigenvalue weighted by molar-refractivity contribution is 7.99. The van der Waals surface area contributed by atoms with Crippen LogP contribution in [0.4, 0.5) is 5.69 Å². The number of carbonyl (C=O) groups excluding carboxylic acids is 1.